The van der Waals surface area contributed by atoms with E-state index < -0.39 is 41.7 Å². The number of aliphatic carboxylic acids is 1. The second-order valence-electron chi connectivity index (χ2n) is 10.1. The molecule has 1 aromatic heterocycles. The standard InChI is InChI=1S/C29H31F5N2O3/c1-39-20-4-5-26-22(15-20)27(18(16-30)17-35-26)23(32)6-7-29(28(37)38)8-11-36(12-9-29)10-2-3-21-24(33)13-19(31)14-25(21)34/h4-5,13-15,17,23H,2-3,6-12,16H2,1H3,(H,37,38). The van der Waals surface area contributed by atoms with Gasteiger partial charge in [-0.15, -0.1) is 0 Å². The first kappa shape index (κ1) is 28.7. The van der Waals surface area contributed by atoms with Crippen LogP contribution in [0.2, 0.25) is 0 Å². The molecule has 210 valence electrons. The molecule has 4 rings (SSSR count). The monoisotopic (exact) mass is 550 g/mol. The van der Waals surface area contributed by atoms with Crippen LogP contribution in [0.4, 0.5) is 22.0 Å². The van der Waals surface area contributed by atoms with Crippen LogP contribution in [0, 0.1) is 22.9 Å². The zero-order valence-electron chi connectivity index (χ0n) is 21.7. The summed E-state index contributed by atoms with van der Waals surface area (Å²) < 4.78 is 75.6. The van der Waals surface area contributed by atoms with Crippen molar-refractivity contribution in [2.75, 3.05) is 26.7 Å². The van der Waals surface area contributed by atoms with Crippen molar-refractivity contribution in [3.05, 3.63) is 70.7 Å². The average Bonchev–Trinajstić information content (AvgIpc) is 2.92. The number of carboxylic acid groups (broad SMARTS) is 1. The maximum Gasteiger partial charge on any atom is 0.309 e. The largest absolute Gasteiger partial charge is 0.497 e. The summed E-state index contributed by atoms with van der Waals surface area (Å²) in [5.74, 6) is -3.34. The fourth-order valence-electron chi connectivity index (χ4n) is 5.45. The highest BCUT2D eigenvalue weighted by Crippen LogP contribution is 2.41. The molecular formula is C29H31F5N2O3. The Morgan fingerprint density at radius 2 is 1.85 bits per heavy atom. The molecule has 5 nitrogen and oxygen atoms in total. The van der Waals surface area contributed by atoms with E-state index in [9.17, 15) is 27.5 Å². The number of likely N-dealkylation sites (tertiary alicyclic amines) is 1. The predicted molar refractivity (Wildman–Crippen MR) is 137 cm³/mol. The van der Waals surface area contributed by atoms with Crippen LogP contribution in [0.15, 0.2) is 36.5 Å². The Morgan fingerprint density at radius 3 is 2.46 bits per heavy atom. The number of halogens is 5. The number of hydrogen-bond acceptors (Lipinski definition) is 4. The Labute approximate surface area is 223 Å². The highest BCUT2D eigenvalue weighted by Gasteiger charge is 2.41. The van der Waals surface area contributed by atoms with Gasteiger partial charge in [-0.3, -0.25) is 9.78 Å². The van der Waals surface area contributed by atoms with Crippen molar-refractivity contribution in [2.24, 2.45) is 5.41 Å². The average molecular weight is 551 g/mol. The lowest BCUT2D eigenvalue weighted by Gasteiger charge is -2.39. The van der Waals surface area contributed by atoms with E-state index in [2.05, 4.69) is 4.98 Å². The van der Waals surface area contributed by atoms with Gasteiger partial charge in [0.2, 0.25) is 0 Å². The maximum atomic E-state index is 15.7. The summed E-state index contributed by atoms with van der Waals surface area (Å²) >= 11 is 0. The summed E-state index contributed by atoms with van der Waals surface area (Å²) in [6, 6.07) is 6.26. The number of aromatic nitrogens is 1. The van der Waals surface area contributed by atoms with Gasteiger partial charge in [-0.1, -0.05) is 0 Å². The van der Waals surface area contributed by atoms with Crippen LogP contribution in [0.3, 0.4) is 0 Å². The Kier molecular flexibility index (Phi) is 9.04. The number of hydrogen-bond donors (Lipinski definition) is 1. The van der Waals surface area contributed by atoms with E-state index in [0.29, 0.717) is 54.8 Å². The van der Waals surface area contributed by atoms with Crippen LogP contribution in [0.5, 0.6) is 5.75 Å². The quantitative estimate of drug-likeness (QED) is 0.269. The summed E-state index contributed by atoms with van der Waals surface area (Å²) in [6.07, 6.45) is 0.765. The second kappa shape index (κ2) is 12.3. The van der Waals surface area contributed by atoms with E-state index in [1.807, 2.05) is 4.90 Å². The normalized spacial score (nSPS) is 16.4. The number of alkyl halides is 2. The molecule has 1 N–H and O–H groups in total. The van der Waals surface area contributed by atoms with Crippen LogP contribution in [-0.4, -0.2) is 47.7 Å². The van der Waals surface area contributed by atoms with Gasteiger partial charge in [0, 0.05) is 40.4 Å². The molecule has 0 saturated carbocycles. The molecule has 0 spiro atoms. The van der Waals surface area contributed by atoms with E-state index in [0.717, 1.165) is 0 Å². The first-order valence-corrected chi connectivity index (χ1v) is 12.9. The maximum absolute atomic E-state index is 15.7. The van der Waals surface area contributed by atoms with Crippen LogP contribution >= 0.6 is 0 Å². The number of methoxy groups -OCH3 is 1. The predicted octanol–water partition coefficient (Wildman–Crippen LogP) is 6.72. The topological polar surface area (TPSA) is 62.7 Å². The number of rotatable bonds is 11. The molecule has 2 aromatic carbocycles. The SMILES string of the molecule is COc1ccc2ncc(CF)c(C(F)CCC3(C(=O)O)CCN(CCCc4c(F)cc(F)cc4F)CC3)c2c1. The molecular weight excluding hydrogens is 519 g/mol. The molecule has 39 heavy (non-hydrogen) atoms. The van der Waals surface area contributed by atoms with Gasteiger partial charge in [-0.2, -0.15) is 0 Å². The minimum atomic E-state index is -1.59. The first-order chi connectivity index (χ1) is 18.7. The number of fused-ring (bicyclic) bond motifs is 1. The Morgan fingerprint density at radius 1 is 1.15 bits per heavy atom. The van der Waals surface area contributed by atoms with Gasteiger partial charge in [0.15, 0.2) is 0 Å². The Hall–Kier alpha value is -3.27. The number of ether oxygens (including phenoxy) is 1. The summed E-state index contributed by atoms with van der Waals surface area (Å²) in [6.45, 7) is 0.453. The zero-order chi connectivity index (χ0) is 28.2. The minimum absolute atomic E-state index is 0.0723. The molecule has 0 radical (unpaired) electrons. The molecule has 1 aliphatic heterocycles. The molecule has 1 atom stereocenters. The molecule has 1 aliphatic rings. The van der Waals surface area contributed by atoms with E-state index in [-0.39, 0.29) is 48.8 Å². The number of carboxylic acids is 1. The molecule has 2 heterocycles. The lowest BCUT2D eigenvalue weighted by molar-refractivity contribution is -0.153. The first-order valence-electron chi connectivity index (χ1n) is 12.9. The van der Waals surface area contributed by atoms with E-state index in [4.69, 9.17) is 4.74 Å². The van der Waals surface area contributed by atoms with Crippen molar-refractivity contribution in [3.63, 3.8) is 0 Å². The minimum Gasteiger partial charge on any atom is -0.497 e. The fraction of sp³-hybridized carbons (Fsp3) is 0.448. The van der Waals surface area contributed by atoms with Gasteiger partial charge in [-0.25, -0.2) is 22.0 Å². The molecule has 1 unspecified atom stereocenters. The van der Waals surface area contributed by atoms with E-state index in [1.54, 1.807) is 18.2 Å². The number of pyridine rings is 1. The molecule has 0 aliphatic carbocycles. The van der Waals surface area contributed by atoms with Crippen molar-refractivity contribution in [2.45, 2.75) is 51.4 Å². The van der Waals surface area contributed by atoms with Crippen molar-refractivity contribution >= 4 is 16.9 Å². The second-order valence-corrected chi connectivity index (χ2v) is 10.1. The molecule has 10 heteroatoms. The summed E-state index contributed by atoms with van der Waals surface area (Å²) in [4.78, 5) is 18.5. The van der Waals surface area contributed by atoms with Gasteiger partial charge < -0.3 is 14.7 Å². The number of benzene rings is 2. The van der Waals surface area contributed by atoms with Crippen molar-refractivity contribution in [3.8, 4) is 5.75 Å². The van der Waals surface area contributed by atoms with Crippen molar-refractivity contribution in [1.29, 1.82) is 0 Å². The third-order valence-corrected chi connectivity index (χ3v) is 7.81. The third-order valence-electron chi connectivity index (χ3n) is 7.81. The molecule has 0 amide bonds. The zero-order valence-corrected chi connectivity index (χ0v) is 21.7. The summed E-state index contributed by atoms with van der Waals surface area (Å²) in [7, 11) is 1.47. The van der Waals surface area contributed by atoms with Crippen LogP contribution in [0.25, 0.3) is 10.9 Å². The number of piperidine rings is 1. The highest BCUT2D eigenvalue weighted by molar-refractivity contribution is 5.85. The summed E-state index contributed by atoms with van der Waals surface area (Å²) in [5, 5.41) is 10.5. The van der Waals surface area contributed by atoms with Crippen LogP contribution < -0.4 is 4.74 Å². The molecule has 3 aromatic rings. The fourth-order valence-corrected chi connectivity index (χ4v) is 5.45. The summed E-state index contributed by atoms with van der Waals surface area (Å²) in [5.41, 5.74) is -0.522. The van der Waals surface area contributed by atoms with Gasteiger partial charge in [-0.05, 0) is 76.4 Å². The van der Waals surface area contributed by atoms with Gasteiger partial charge in [0.1, 0.15) is 36.0 Å². The Bertz CT molecular complexity index is 1300. The smallest absolute Gasteiger partial charge is 0.309 e. The van der Waals surface area contributed by atoms with Gasteiger partial charge in [0.25, 0.3) is 0 Å². The van der Waals surface area contributed by atoms with Crippen LogP contribution in [-0.2, 0) is 17.9 Å². The lowest BCUT2D eigenvalue weighted by atomic mass is 9.74. The highest BCUT2D eigenvalue weighted by atomic mass is 19.2. The molecule has 1 fully saturated rings. The Balaban J connectivity index is 1.39. The van der Waals surface area contributed by atoms with Crippen molar-refractivity contribution < 1.29 is 36.6 Å². The lowest BCUT2D eigenvalue weighted by Crippen LogP contribution is -2.44. The number of nitrogens with zero attached hydrogens (tertiary/aromatic N) is 2. The van der Waals surface area contributed by atoms with Gasteiger partial charge >= 0.3 is 5.97 Å². The van der Waals surface area contributed by atoms with E-state index >= 15 is 4.39 Å². The van der Waals surface area contributed by atoms with Gasteiger partial charge in [0.05, 0.1) is 18.0 Å². The third kappa shape index (κ3) is 6.32. The van der Waals surface area contributed by atoms with Crippen molar-refractivity contribution in [1.82, 2.24) is 9.88 Å². The van der Waals surface area contributed by atoms with E-state index in [1.165, 1.54) is 13.3 Å². The van der Waals surface area contributed by atoms with Crippen LogP contribution in [0.1, 0.15) is 55.0 Å². The molecule has 1 saturated heterocycles. The number of carbonyl (C=O) groups is 1. The molecule has 0 bridgehead atoms.